The highest BCUT2D eigenvalue weighted by Gasteiger charge is 2.30. The number of hydrogen-bond acceptors (Lipinski definition) is 8. The number of ether oxygens (including phenoxy) is 3. The van der Waals surface area contributed by atoms with Crippen LogP contribution in [-0.2, 0) is 14.2 Å². The number of anilines is 1. The van der Waals surface area contributed by atoms with Gasteiger partial charge in [-0.2, -0.15) is 4.98 Å². The van der Waals surface area contributed by atoms with E-state index in [0.717, 1.165) is 19.3 Å². The van der Waals surface area contributed by atoms with Crippen LogP contribution in [0.1, 0.15) is 59.4 Å². The molecule has 1 aliphatic carbocycles. The lowest BCUT2D eigenvalue weighted by atomic mass is 10.1. The Morgan fingerprint density at radius 1 is 1.23 bits per heavy atom. The zero-order valence-corrected chi connectivity index (χ0v) is 19.1. The molecule has 168 valence electrons. The molecule has 0 bridgehead atoms. The number of aliphatic hydroxyl groups is 1. The lowest BCUT2D eigenvalue weighted by Gasteiger charge is -2.29. The van der Waals surface area contributed by atoms with E-state index in [9.17, 15) is 5.11 Å². The summed E-state index contributed by atoms with van der Waals surface area (Å²) in [6, 6.07) is 0.0424. The molecular weight excluding hydrogens is 408 g/mol. The number of nitrogens with one attached hydrogen (secondary N) is 2. The number of aliphatic hydroxyl groups excluding tert-OH is 1. The third kappa shape index (κ3) is 8.34. The normalized spacial score (nSPS) is 20.1. The fourth-order valence-electron chi connectivity index (χ4n) is 3.19. The molecule has 1 fully saturated rings. The van der Waals surface area contributed by atoms with Gasteiger partial charge in [0.15, 0.2) is 0 Å². The summed E-state index contributed by atoms with van der Waals surface area (Å²) in [6.07, 6.45) is 2.73. The van der Waals surface area contributed by atoms with Gasteiger partial charge in [-0.15, -0.1) is 0 Å². The number of aromatic nitrogens is 2. The molecule has 0 saturated heterocycles. The van der Waals surface area contributed by atoms with Gasteiger partial charge in [0.1, 0.15) is 5.82 Å². The number of rotatable bonds is 9. The molecular formula is C21H33ClN4O4. The second kappa shape index (κ2) is 11.8. The van der Waals surface area contributed by atoms with E-state index in [1.807, 2.05) is 34.6 Å². The molecule has 1 saturated carbocycles. The predicted molar refractivity (Wildman–Crippen MR) is 116 cm³/mol. The van der Waals surface area contributed by atoms with Gasteiger partial charge in [-0.25, -0.2) is 4.98 Å². The van der Waals surface area contributed by atoms with Crippen LogP contribution in [0.4, 0.5) is 5.82 Å². The van der Waals surface area contributed by atoms with Crippen molar-refractivity contribution in [2.75, 3.05) is 18.5 Å². The SMILES string of the molecule is CCOC(C#Cc1cnc(Cl)nc1N[C@H]1CCC[C@@H]1NC(O)OC(C)(C)C)OCC. The molecule has 3 N–H and O–H groups in total. The van der Waals surface area contributed by atoms with Crippen molar-refractivity contribution in [2.24, 2.45) is 0 Å². The van der Waals surface area contributed by atoms with Crippen molar-refractivity contribution in [3.05, 3.63) is 17.0 Å². The number of halogens is 1. The van der Waals surface area contributed by atoms with Crippen LogP contribution in [0, 0.1) is 11.8 Å². The molecule has 1 aromatic rings. The highest BCUT2D eigenvalue weighted by atomic mass is 35.5. The van der Waals surface area contributed by atoms with E-state index in [4.69, 9.17) is 25.8 Å². The second-order valence-corrected chi connectivity index (χ2v) is 8.29. The average molecular weight is 441 g/mol. The highest BCUT2D eigenvalue weighted by Crippen LogP contribution is 2.25. The molecule has 8 nitrogen and oxygen atoms in total. The molecule has 0 amide bonds. The topological polar surface area (TPSA) is 97.8 Å². The Balaban J connectivity index is 2.12. The first-order valence-corrected chi connectivity index (χ1v) is 10.8. The molecule has 3 atom stereocenters. The predicted octanol–water partition coefficient (Wildman–Crippen LogP) is 2.89. The Kier molecular flexibility index (Phi) is 9.75. The van der Waals surface area contributed by atoms with Gasteiger partial charge in [0.25, 0.3) is 0 Å². The van der Waals surface area contributed by atoms with Crippen LogP contribution in [0.2, 0.25) is 5.28 Å². The summed E-state index contributed by atoms with van der Waals surface area (Å²) in [5.74, 6) is 6.53. The summed E-state index contributed by atoms with van der Waals surface area (Å²) in [5, 5.41) is 16.9. The zero-order valence-electron chi connectivity index (χ0n) is 18.4. The summed E-state index contributed by atoms with van der Waals surface area (Å²) in [6.45, 7) is 10.5. The van der Waals surface area contributed by atoms with Crippen molar-refractivity contribution in [1.82, 2.24) is 15.3 Å². The van der Waals surface area contributed by atoms with Crippen molar-refractivity contribution in [2.45, 2.75) is 84.3 Å². The van der Waals surface area contributed by atoms with Crippen molar-refractivity contribution in [3.63, 3.8) is 0 Å². The van der Waals surface area contributed by atoms with Gasteiger partial charge in [0.2, 0.25) is 18.0 Å². The highest BCUT2D eigenvalue weighted by molar-refractivity contribution is 6.28. The maximum absolute atomic E-state index is 10.2. The second-order valence-electron chi connectivity index (χ2n) is 7.95. The van der Waals surface area contributed by atoms with E-state index >= 15 is 0 Å². The first-order chi connectivity index (χ1) is 14.2. The van der Waals surface area contributed by atoms with E-state index in [0.29, 0.717) is 24.6 Å². The van der Waals surface area contributed by atoms with E-state index in [1.165, 1.54) is 0 Å². The fourth-order valence-corrected chi connectivity index (χ4v) is 3.33. The fraction of sp³-hybridized carbons (Fsp3) is 0.714. The van der Waals surface area contributed by atoms with Gasteiger partial charge in [0, 0.05) is 31.5 Å². The molecule has 0 aliphatic heterocycles. The van der Waals surface area contributed by atoms with E-state index in [2.05, 4.69) is 32.4 Å². The lowest BCUT2D eigenvalue weighted by molar-refractivity contribution is -0.185. The van der Waals surface area contributed by atoms with Crippen molar-refractivity contribution in [1.29, 1.82) is 0 Å². The molecule has 9 heteroatoms. The van der Waals surface area contributed by atoms with E-state index in [1.54, 1.807) is 6.20 Å². The molecule has 30 heavy (non-hydrogen) atoms. The van der Waals surface area contributed by atoms with Crippen LogP contribution in [0.5, 0.6) is 0 Å². The Hall–Kier alpha value is -1.47. The van der Waals surface area contributed by atoms with Gasteiger partial charge in [-0.05, 0) is 71.4 Å². The van der Waals surface area contributed by atoms with Crippen LogP contribution >= 0.6 is 11.6 Å². The average Bonchev–Trinajstić information content (AvgIpc) is 3.06. The molecule has 2 rings (SSSR count). The minimum absolute atomic E-state index is 0.0106. The van der Waals surface area contributed by atoms with Crippen LogP contribution < -0.4 is 10.6 Å². The van der Waals surface area contributed by atoms with Crippen molar-refractivity contribution < 1.29 is 19.3 Å². The van der Waals surface area contributed by atoms with Gasteiger partial charge < -0.3 is 24.6 Å². The summed E-state index contributed by atoms with van der Waals surface area (Å²) >= 11 is 6.02. The Labute approximate surface area is 184 Å². The molecule has 1 heterocycles. The summed E-state index contributed by atoms with van der Waals surface area (Å²) < 4.78 is 16.5. The van der Waals surface area contributed by atoms with Gasteiger partial charge in [-0.3, -0.25) is 5.32 Å². The van der Waals surface area contributed by atoms with E-state index < -0.39 is 18.3 Å². The number of nitrogens with zero attached hydrogens (tertiary/aromatic N) is 2. The largest absolute Gasteiger partial charge is 0.365 e. The minimum atomic E-state index is -1.05. The summed E-state index contributed by atoms with van der Waals surface area (Å²) in [5.41, 5.74) is 0.148. The molecule has 0 spiro atoms. The minimum Gasteiger partial charge on any atom is -0.365 e. The maximum atomic E-state index is 10.2. The van der Waals surface area contributed by atoms with Crippen molar-refractivity contribution >= 4 is 17.4 Å². The van der Waals surface area contributed by atoms with Gasteiger partial charge >= 0.3 is 0 Å². The summed E-state index contributed by atoms with van der Waals surface area (Å²) in [7, 11) is 0. The smallest absolute Gasteiger partial charge is 0.224 e. The molecule has 1 unspecified atom stereocenters. The molecule has 1 aliphatic rings. The van der Waals surface area contributed by atoms with Crippen LogP contribution in [-0.4, -0.2) is 58.7 Å². The van der Waals surface area contributed by atoms with Gasteiger partial charge in [-0.1, -0.05) is 5.92 Å². The number of hydrogen-bond donors (Lipinski definition) is 3. The first kappa shape index (κ1) is 24.8. The van der Waals surface area contributed by atoms with Crippen LogP contribution in [0.3, 0.4) is 0 Å². The zero-order chi connectivity index (χ0) is 22.1. The molecule has 0 radical (unpaired) electrons. The maximum Gasteiger partial charge on any atom is 0.224 e. The quantitative estimate of drug-likeness (QED) is 0.306. The van der Waals surface area contributed by atoms with Crippen LogP contribution in [0.25, 0.3) is 0 Å². The van der Waals surface area contributed by atoms with Gasteiger partial charge in [0.05, 0.1) is 11.2 Å². The first-order valence-electron chi connectivity index (χ1n) is 10.4. The van der Waals surface area contributed by atoms with Crippen molar-refractivity contribution in [3.8, 4) is 11.8 Å². The Morgan fingerprint density at radius 3 is 2.53 bits per heavy atom. The van der Waals surface area contributed by atoms with Crippen LogP contribution in [0.15, 0.2) is 6.20 Å². The third-order valence-corrected chi connectivity index (χ3v) is 4.56. The molecule has 0 aromatic carbocycles. The monoisotopic (exact) mass is 440 g/mol. The standard InChI is InChI=1S/C21H33ClN4O4/c1-6-28-17(29-7-2)12-11-14-13-23-19(22)26-18(14)24-15-9-8-10-16(15)25-20(27)30-21(3,4)5/h13,15-17,20,25,27H,6-10H2,1-5H3,(H,23,24,26)/t15-,16-,20?/m0/s1. The molecule has 1 aromatic heterocycles. The Bertz CT molecular complexity index is 726. The Morgan fingerprint density at radius 2 is 1.90 bits per heavy atom. The lowest BCUT2D eigenvalue weighted by Crippen LogP contribution is -2.48. The third-order valence-electron chi connectivity index (χ3n) is 4.38. The van der Waals surface area contributed by atoms with E-state index in [-0.39, 0.29) is 17.4 Å². The summed E-state index contributed by atoms with van der Waals surface area (Å²) in [4.78, 5) is 8.36.